The van der Waals surface area contributed by atoms with Crippen LogP contribution in [0.15, 0.2) is 24.3 Å². The summed E-state index contributed by atoms with van der Waals surface area (Å²) in [7, 11) is -1.57. The molecule has 2 heteroatoms. The van der Waals surface area contributed by atoms with E-state index in [9.17, 15) is 0 Å². The zero-order valence-electron chi connectivity index (χ0n) is 13.4. The van der Waals surface area contributed by atoms with Crippen LogP contribution in [-0.4, -0.2) is 14.3 Å². The molecule has 2 aliphatic carbocycles. The Morgan fingerprint density at radius 2 is 1.53 bits per heavy atom. The quantitative estimate of drug-likeness (QED) is 0.714. The van der Waals surface area contributed by atoms with E-state index in [2.05, 4.69) is 63.2 Å². The molecule has 2 aliphatic rings. The van der Waals surface area contributed by atoms with Gasteiger partial charge in [-0.3, -0.25) is 0 Å². The molecule has 19 heavy (non-hydrogen) atoms. The van der Waals surface area contributed by atoms with Crippen LogP contribution in [0.2, 0.25) is 18.1 Å². The molecule has 0 radical (unpaired) electrons. The molecule has 0 spiro atoms. The molecule has 0 saturated heterocycles. The summed E-state index contributed by atoms with van der Waals surface area (Å²) in [5, 5.41) is 0.247. The molecule has 0 aliphatic heterocycles. The van der Waals surface area contributed by atoms with Crippen molar-refractivity contribution in [3.63, 3.8) is 0 Å². The average Bonchev–Trinajstić information content (AvgIpc) is 2.79. The molecule has 0 aromatic heterocycles. The van der Waals surface area contributed by atoms with Crippen molar-refractivity contribution in [2.75, 3.05) is 0 Å². The molecule has 1 nitrogen and oxygen atoms in total. The van der Waals surface area contributed by atoms with Crippen molar-refractivity contribution in [2.45, 2.75) is 77.0 Å². The minimum atomic E-state index is -1.57. The van der Waals surface area contributed by atoms with Gasteiger partial charge in [-0.25, -0.2) is 0 Å². The van der Waals surface area contributed by atoms with Crippen molar-refractivity contribution in [1.29, 1.82) is 0 Å². The molecule has 108 valence electrons. The summed E-state index contributed by atoms with van der Waals surface area (Å²) >= 11 is 0. The predicted molar refractivity (Wildman–Crippen MR) is 87.9 cm³/mol. The highest BCUT2D eigenvalue weighted by Crippen LogP contribution is 2.56. The lowest BCUT2D eigenvalue weighted by Gasteiger charge is -2.51. The average molecular weight is 278 g/mol. The Morgan fingerprint density at radius 3 is 2.00 bits per heavy atom. The van der Waals surface area contributed by atoms with Crippen molar-refractivity contribution in [2.24, 2.45) is 5.41 Å². The zero-order valence-corrected chi connectivity index (χ0v) is 14.4. The van der Waals surface area contributed by atoms with Crippen LogP contribution in [0.4, 0.5) is 0 Å². The van der Waals surface area contributed by atoms with Gasteiger partial charge in [-0.2, -0.15) is 0 Å². The van der Waals surface area contributed by atoms with Gasteiger partial charge in [0.25, 0.3) is 0 Å². The second kappa shape index (κ2) is 5.21. The summed E-state index contributed by atoms with van der Waals surface area (Å²) in [5.74, 6) is 0. The summed E-state index contributed by atoms with van der Waals surface area (Å²) in [6.45, 7) is 12.2. The fourth-order valence-corrected chi connectivity index (χ4v) is 8.65. The first-order valence-electron chi connectivity index (χ1n) is 7.93. The van der Waals surface area contributed by atoms with Crippen LogP contribution in [0.1, 0.15) is 52.9 Å². The first kappa shape index (κ1) is 15.1. The molecule has 0 unspecified atom stereocenters. The lowest BCUT2D eigenvalue weighted by molar-refractivity contribution is 0.336. The Balaban J connectivity index is 2.20. The molecule has 2 rings (SSSR count). The van der Waals surface area contributed by atoms with Crippen molar-refractivity contribution in [3.05, 3.63) is 24.3 Å². The second-order valence-corrected chi connectivity index (χ2v) is 12.3. The van der Waals surface area contributed by atoms with Gasteiger partial charge in [0, 0.05) is 11.1 Å². The highest BCUT2D eigenvalue weighted by atomic mass is 28.3. The number of nitrogens with one attached hydrogen (secondary N) is 1. The van der Waals surface area contributed by atoms with E-state index in [0.29, 0.717) is 0 Å². The van der Waals surface area contributed by atoms with Crippen LogP contribution in [0, 0.1) is 5.41 Å². The molecule has 0 amide bonds. The third kappa shape index (κ3) is 2.75. The summed E-state index contributed by atoms with van der Waals surface area (Å²) < 4.78 is 0. The zero-order chi connectivity index (χ0) is 14.1. The van der Waals surface area contributed by atoms with E-state index in [0.717, 1.165) is 6.04 Å². The summed E-state index contributed by atoms with van der Waals surface area (Å²) in [6, 6.07) is 0.761. The van der Waals surface area contributed by atoms with Gasteiger partial charge >= 0.3 is 0 Å². The van der Waals surface area contributed by atoms with E-state index in [4.69, 9.17) is 0 Å². The highest BCUT2D eigenvalue weighted by Gasteiger charge is 2.52. The Labute approximate surface area is 120 Å². The van der Waals surface area contributed by atoms with E-state index < -0.39 is 8.24 Å². The maximum atomic E-state index is 4.12. The fraction of sp³-hybridized carbons (Fsp3) is 0.765. The maximum Gasteiger partial charge on any atom is 0.134 e. The van der Waals surface area contributed by atoms with Crippen LogP contribution in [0.3, 0.4) is 0 Å². The Bertz CT molecular complexity index is 355. The van der Waals surface area contributed by atoms with Crippen LogP contribution in [0.5, 0.6) is 0 Å². The van der Waals surface area contributed by atoms with Crippen LogP contribution in [-0.2, 0) is 0 Å². The van der Waals surface area contributed by atoms with Crippen LogP contribution >= 0.6 is 0 Å². The van der Waals surface area contributed by atoms with Gasteiger partial charge < -0.3 is 4.98 Å². The lowest BCUT2D eigenvalue weighted by Crippen LogP contribution is -2.61. The minimum absolute atomic E-state index is 0.247. The van der Waals surface area contributed by atoms with Gasteiger partial charge in [0.15, 0.2) is 0 Å². The number of hydrogen-bond donors (Lipinski definition) is 1. The topological polar surface area (TPSA) is 12.0 Å². The first-order chi connectivity index (χ1) is 8.79. The van der Waals surface area contributed by atoms with E-state index >= 15 is 0 Å². The van der Waals surface area contributed by atoms with Gasteiger partial charge in [0.05, 0.1) is 0 Å². The van der Waals surface area contributed by atoms with E-state index in [1.807, 2.05) is 0 Å². The Kier molecular flexibility index (Phi) is 4.13. The van der Waals surface area contributed by atoms with Gasteiger partial charge in [-0.1, -0.05) is 77.4 Å². The van der Waals surface area contributed by atoms with E-state index in [1.54, 1.807) is 0 Å². The minimum Gasteiger partial charge on any atom is -0.334 e. The highest BCUT2D eigenvalue weighted by molar-refractivity contribution is 6.79. The van der Waals surface area contributed by atoms with Crippen molar-refractivity contribution < 1.29 is 0 Å². The Morgan fingerprint density at radius 1 is 1.00 bits per heavy atom. The van der Waals surface area contributed by atoms with Crippen molar-refractivity contribution >= 4 is 8.24 Å². The molecule has 0 aromatic rings. The smallest absolute Gasteiger partial charge is 0.134 e. The van der Waals surface area contributed by atoms with Crippen LogP contribution < -0.4 is 4.98 Å². The summed E-state index contributed by atoms with van der Waals surface area (Å²) in [5.41, 5.74) is 0.286. The van der Waals surface area contributed by atoms with Gasteiger partial charge in [-0.15, -0.1) is 0 Å². The summed E-state index contributed by atoms with van der Waals surface area (Å²) in [6.07, 6.45) is 16.5. The third-order valence-electron chi connectivity index (χ3n) is 5.27. The van der Waals surface area contributed by atoms with Crippen molar-refractivity contribution in [3.8, 4) is 0 Å². The predicted octanol–water partition coefficient (Wildman–Crippen LogP) is 5.03. The normalized spacial score (nSPS) is 24.1. The largest absolute Gasteiger partial charge is 0.334 e. The molecule has 0 aromatic carbocycles. The standard InChI is InChI=1S/C17H31NSi/c1-16(2,3)17(13-9-10-14-17)19(4,5)18-15-11-7-6-8-12-15/h9-10,13-15,18H,6-8,11-12H2,1-5H3. The molecule has 1 saturated carbocycles. The third-order valence-corrected chi connectivity index (χ3v) is 9.56. The monoisotopic (exact) mass is 277 g/mol. The Hall–Kier alpha value is -0.343. The molecule has 0 atom stereocenters. The van der Waals surface area contributed by atoms with E-state index in [1.165, 1.54) is 32.1 Å². The molecule has 1 N–H and O–H groups in total. The molecule has 0 heterocycles. The molecular formula is C17H31NSi. The maximum absolute atomic E-state index is 4.12. The van der Waals surface area contributed by atoms with Gasteiger partial charge in [0.1, 0.15) is 8.24 Å². The van der Waals surface area contributed by atoms with Crippen molar-refractivity contribution in [1.82, 2.24) is 4.98 Å². The van der Waals surface area contributed by atoms with Gasteiger partial charge in [0.2, 0.25) is 0 Å². The first-order valence-corrected chi connectivity index (χ1v) is 10.9. The van der Waals surface area contributed by atoms with E-state index in [-0.39, 0.29) is 10.5 Å². The molecule has 0 bridgehead atoms. The number of hydrogen-bond acceptors (Lipinski definition) is 1. The SMILES string of the molecule is CC(C)(C)C1([Si](C)(C)NC2CCCCC2)C=CC=C1. The molecular weight excluding hydrogens is 246 g/mol. The van der Waals surface area contributed by atoms with Crippen LogP contribution in [0.25, 0.3) is 0 Å². The van der Waals surface area contributed by atoms with Gasteiger partial charge in [-0.05, 0) is 18.3 Å². The molecule has 1 fully saturated rings. The summed E-state index contributed by atoms with van der Waals surface area (Å²) in [4.78, 5) is 4.12. The lowest BCUT2D eigenvalue weighted by atomic mass is 9.80. The fourth-order valence-electron chi connectivity index (χ4n) is 4.20. The second-order valence-electron chi connectivity index (χ2n) is 7.94. The number of rotatable bonds is 3. The number of allylic oxidation sites excluding steroid dienone is 4.